The second-order valence-corrected chi connectivity index (χ2v) is 6.55. The van der Waals surface area contributed by atoms with E-state index in [0.29, 0.717) is 0 Å². The van der Waals surface area contributed by atoms with E-state index in [-0.39, 0.29) is 0 Å². The molecule has 0 bridgehead atoms. The van der Waals surface area contributed by atoms with Crippen LogP contribution < -0.4 is 5.32 Å². The summed E-state index contributed by atoms with van der Waals surface area (Å²) in [5.74, 6) is 3.58. The lowest BCUT2D eigenvalue weighted by molar-refractivity contribution is 0.448. The number of nitrogens with one attached hydrogen (secondary N) is 1. The molecule has 0 atom stereocenters. The Morgan fingerprint density at radius 3 is 2.68 bits per heavy atom. The number of thioether (sulfide) groups is 1. The van der Waals surface area contributed by atoms with Crippen molar-refractivity contribution < 1.29 is 0 Å². The molecule has 1 aliphatic rings. The Kier molecular flexibility index (Phi) is 4.41. The topological polar surface area (TPSA) is 12.0 Å². The fraction of sp³-hybridized carbons (Fsp3) is 0.412. The van der Waals surface area contributed by atoms with Crippen molar-refractivity contribution in [3.05, 3.63) is 48.0 Å². The zero-order valence-corrected chi connectivity index (χ0v) is 12.1. The van der Waals surface area contributed by atoms with Gasteiger partial charge in [0.25, 0.3) is 0 Å². The van der Waals surface area contributed by atoms with Crippen molar-refractivity contribution in [2.45, 2.75) is 19.4 Å². The molecule has 0 saturated carbocycles. The van der Waals surface area contributed by atoms with E-state index in [1.54, 1.807) is 0 Å². The standard InChI is InChI=1S/C17H21NS/c1-2-7-17-15(4-1)5-3-6-16(17)13-18-12-14-8-10-19-11-9-14/h1-7,14,18H,8-13H2. The molecule has 2 heteroatoms. The molecule has 2 aromatic carbocycles. The Hall–Kier alpha value is -0.990. The summed E-state index contributed by atoms with van der Waals surface area (Å²) >= 11 is 2.10. The van der Waals surface area contributed by atoms with Crippen molar-refractivity contribution in [1.82, 2.24) is 5.32 Å². The number of benzene rings is 2. The van der Waals surface area contributed by atoms with Gasteiger partial charge in [-0.05, 0) is 53.1 Å². The predicted molar refractivity (Wildman–Crippen MR) is 85.7 cm³/mol. The van der Waals surface area contributed by atoms with Gasteiger partial charge in [0.05, 0.1) is 0 Å². The van der Waals surface area contributed by atoms with Gasteiger partial charge in [-0.3, -0.25) is 0 Å². The van der Waals surface area contributed by atoms with Crippen molar-refractivity contribution in [2.75, 3.05) is 18.1 Å². The van der Waals surface area contributed by atoms with Gasteiger partial charge in [0.1, 0.15) is 0 Å². The van der Waals surface area contributed by atoms with E-state index < -0.39 is 0 Å². The molecule has 1 nitrogen and oxygen atoms in total. The molecule has 1 N–H and O–H groups in total. The van der Waals surface area contributed by atoms with Crippen LogP contribution in [-0.2, 0) is 6.54 Å². The van der Waals surface area contributed by atoms with Gasteiger partial charge in [0.15, 0.2) is 0 Å². The first kappa shape index (κ1) is 13.0. The number of rotatable bonds is 4. The van der Waals surface area contributed by atoms with Crippen LogP contribution in [-0.4, -0.2) is 18.1 Å². The van der Waals surface area contributed by atoms with Crippen LogP contribution in [0.4, 0.5) is 0 Å². The number of hydrogen-bond donors (Lipinski definition) is 1. The molecular formula is C17H21NS. The molecule has 0 amide bonds. The SMILES string of the molecule is c1ccc2c(CNCC3CCSCC3)cccc2c1. The molecule has 0 unspecified atom stereocenters. The van der Waals surface area contributed by atoms with Crippen LogP contribution in [0.2, 0.25) is 0 Å². The minimum atomic E-state index is 0.885. The first-order valence-corrected chi connectivity index (χ1v) is 8.34. The van der Waals surface area contributed by atoms with E-state index in [2.05, 4.69) is 59.5 Å². The molecule has 1 aliphatic heterocycles. The minimum Gasteiger partial charge on any atom is -0.312 e. The van der Waals surface area contributed by atoms with Gasteiger partial charge in [0, 0.05) is 6.54 Å². The van der Waals surface area contributed by atoms with Crippen molar-refractivity contribution >= 4 is 22.5 Å². The first-order chi connectivity index (χ1) is 9.43. The maximum atomic E-state index is 3.65. The molecule has 0 radical (unpaired) electrons. The Balaban J connectivity index is 1.62. The van der Waals surface area contributed by atoms with E-state index in [4.69, 9.17) is 0 Å². The zero-order chi connectivity index (χ0) is 12.9. The normalized spacial score (nSPS) is 16.8. The fourth-order valence-electron chi connectivity index (χ4n) is 2.81. The molecule has 1 fully saturated rings. The molecule has 2 aromatic rings. The largest absolute Gasteiger partial charge is 0.312 e. The van der Waals surface area contributed by atoms with Crippen molar-refractivity contribution in [3.63, 3.8) is 0 Å². The lowest BCUT2D eigenvalue weighted by atomic mass is 10.0. The third kappa shape index (κ3) is 3.31. The monoisotopic (exact) mass is 271 g/mol. The fourth-order valence-corrected chi connectivity index (χ4v) is 4.01. The van der Waals surface area contributed by atoms with E-state index in [0.717, 1.165) is 12.5 Å². The van der Waals surface area contributed by atoms with Gasteiger partial charge in [-0.2, -0.15) is 11.8 Å². The number of fused-ring (bicyclic) bond motifs is 1. The van der Waals surface area contributed by atoms with Crippen molar-refractivity contribution in [2.24, 2.45) is 5.92 Å². The molecule has 0 aliphatic carbocycles. The van der Waals surface area contributed by atoms with Gasteiger partial charge < -0.3 is 5.32 Å². The summed E-state index contributed by atoms with van der Waals surface area (Å²) < 4.78 is 0. The van der Waals surface area contributed by atoms with Crippen LogP contribution in [0.5, 0.6) is 0 Å². The maximum absolute atomic E-state index is 3.65. The lowest BCUT2D eigenvalue weighted by Crippen LogP contribution is -2.25. The summed E-state index contributed by atoms with van der Waals surface area (Å²) in [5, 5.41) is 6.38. The van der Waals surface area contributed by atoms with Crippen LogP contribution in [0, 0.1) is 5.92 Å². The van der Waals surface area contributed by atoms with Gasteiger partial charge in [0.2, 0.25) is 0 Å². The summed E-state index contributed by atoms with van der Waals surface area (Å²) in [6.07, 6.45) is 2.76. The third-order valence-electron chi connectivity index (χ3n) is 3.97. The third-order valence-corrected chi connectivity index (χ3v) is 5.02. The molecule has 1 saturated heterocycles. The summed E-state index contributed by atoms with van der Waals surface area (Å²) in [5.41, 5.74) is 1.42. The van der Waals surface area contributed by atoms with E-state index in [9.17, 15) is 0 Å². The molecule has 3 rings (SSSR count). The van der Waals surface area contributed by atoms with Crippen LogP contribution in [0.25, 0.3) is 10.8 Å². The Bertz CT molecular complexity index is 526. The molecule has 1 heterocycles. The minimum absolute atomic E-state index is 0.885. The van der Waals surface area contributed by atoms with Crippen molar-refractivity contribution in [3.8, 4) is 0 Å². The van der Waals surface area contributed by atoms with E-state index >= 15 is 0 Å². The average Bonchev–Trinajstić information content (AvgIpc) is 2.49. The summed E-state index contributed by atoms with van der Waals surface area (Å²) in [6.45, 7) is 2.16. The predicted octanol–water partition coefficient (Wildman–Crippen LogP) is 4.07. The van der Waals surface area contributed by atoms with Gasteiger partial charge in [-0.25, -0.2) is 0 Å². The lowest BCUT2D eigenvalue weighted by Gasteiger charge is -2.21. The van der Waals surface area contributed by atoms with Crippen LogP contribution in [0.15, 0.2) is 42.5 Å². The highest BCUT2D eigenvalue weighted by Gasteiger charge is 2.12. The van der Waals surface area contributed by atoms with E-state index in [1.165, 1.54) is 47.2 Å². The number of hydrogen-bond acceptors (Lipinski definition) is 2. The molecule has 0 aromatic heterocycles. The highest BCUT2D eigenvalue weighted by atomic mass is 32.2. The van der Waals surface area contributed by atoms with E-state index in [1.807, 2.05) is 0 Å². The molecule has 100 valence electrons. The quantitative estimate of drug-likeness (QED) is 0.899. The molecular weight excluding hydrogens is 250 g/mol. The Morgan fingerprint density at radius 1 is 1.00 bits per heavy atom. The van der Waals surface area contributed by atoms with Crippen LogP contribution >= 0.6 is 11.8 Å². The maximum Gasteiger partial charge on any atom is 0.0211 e. The summed E-state index contributed by atoms with van der Waals surface area (Å²) in [7, 11) is 0. The van der Waals surface area contributed by atoms with Gasteiger partial charge in [-0.15, -0.1) is 0 Å². The van der Waals surface area contributed by atoms with Crippen molar-refractivity contribution in [1.29, 1.82) is 0 Å². The summed E-state index contributed by atoms with van der Waals surface area (Å²) in [4.78, 5) is 0. The summed E-state index contributed by atoms with van der Waals surface area (Å²) in [6, 6.07) is 15.3. The second kappa shape index (κ2) is 6.44. The second-order valence-electron chi connectivity index (χ2n) is 5.32. The highest BCUT2D eigenvalue weighted by molar-refractivity contribution is 7.99. The van der Waals surface area contributed by atoms with Crippen LogP contribution in [0.1, 0.15) is 18.4 Å². The molecule has 0 spiro atoms. The van der Waals surface area contributed by atoms with Crippen LogP contribution in [0.3, 0.4) is 0 Å². The van der Waals surface area contributed by atoms with Gasteiger partial charge >= 0.3 is 0 Å². The highest BCUT2D eigenvalue weighted by Crippen LogP contribution is 2.22. The molecule has 19 heavy (non-hydrogen) atoms. The zero-order valence-electron chi connectivity index (χ0n) is 11.3. The first-order valence-electron chi connectivity index (χ1n) is 7.18. The van der Waals surface area contributed by atoms with Gasteiger partial charge in [-0.1, -0.05) is 42.5 Å². The smallest absolute Gasteiger partial charge is 0.0211 e. The Labute approximate surface area is 119 Å². The Morgan fingerprint density at radius 2 is 1.79 bits per heavy atom. The average molecular weight is 271 g/mol.